The van der Waals surface area contributed by atoms with Crippen LogP contribution >= 0.6 is 0 Å². The summed E-state index contributed by atoms with van der Waals surface area (Å²) in [5, 5.41) is 20.8. The van der Waals surface area contributed by atoms with Crippen molar-refractivity contribution in [2.24, 2.45) is 0 Å². The van der Waals surface area contributed by atoms with Crippen LogP contribution in [0.3, 0.4) is 0 Å². The summed E-state index contributed by atoms with van der Waals surface area (Å²) in [4.78, 5) is 35.3. The normalized spacial score (nSPS) is 15.6. The number of nitro groups is 1. The Bertz CT molecular complexity index is 685. The molecule has 0 spiro atoms. The van der Waals surface area contributed by atoms with Crippen LogP contribution in [-0.4, -0.2) is 46.0 Å². The molecule has 0 aliphatic heterocycles. The molecule has 1 saturated carbocycles. The maximum Gasteiger partial charge on any atom is 0.280 e. The molecule has 154 valence electrons. The van der Waals surface area contributed by atoms with Crippen LogP contribution in [0.5, 0.6) is 5.75 Å². The van der Waals surface area contributed by atoms with Crippen molar-refractivity contribution in [1.29, 1.82) is 0 Å². The van der Waals surface area contributed by atoms with Crippen molar-refractivity contribution in [2.75, 3.05) is 6.61 Å². The Morgan fingerprint density at radius 3 is 2.68 bits per heavy atom. The molecule has 1 unspecified atom stereocenters. The lowest BCUT2D eigenvalue weighted by molar-refractivity contribution is -0.385. The minimum Gasteiger partial charge on any atom is -0.494 e. The average molecular weight is 392 g/mol. The van der Waals surface area contributed by atoms with E-state index in [-0.39, 0.29) is 23.2 Å². The molecular formula is C20H28N2O6. The van der Waals surface area contributed by atoms with Crippen molar-refractivity contribution in [3.8, 4) is 5.75 Å². The topological polar surface area (TPSA) is 110 Å². The number of amides is 1. The molecule has 1 amide bonds. The molecule has 0 heterocycles. The van der Waals surface area contributed by atoms with Gasteiger partial charge in [-0.1, -0.05) is 19.3 Å². The van der Waals surface area contributed by atoms with E-state index in [0.29, 0.717) is 37.9 Å². The zero-order chi connectivity index (χ0) is 20.5. The molecule has 0 saturated heterocycles. The quantitative estimate of drug-likeness (QED) is 0.215. The summed E-state index contributed by atoms with van der Waals surface area (Å²) in [6, 6.07) is 4.16. The number of nitrogens with zero attached hydrogens (tertiary/aromatic N) is 2. The van der Waals surface area contributed by atoms with Gasteiger partial charge >= 0.3 is 0 Å². The zero-order valence-electron chi connectivity index (χ0n) is 16.2. The highest BCUT2D eigenvalue weighted by Crippen LogP contribution is 2.25. The van der Waals surface area contributed by atoms with Gasteiger partial charge in [0.25, 0.3) is 5.69 Å². The smallest absolute Gasteiger partial charge is 0.280 e. The Morgan fingerprint density at radius 2 is 2.07 bits per heavy atom. The van der Waals surface area contributed by atoms with Crippen LogP contribution in [-0.2, 0) is 4.79 Å². The molecule has 1 N–H and O–H groups in total. The number of carbonyl (C=O) groups excluding carboxylic acids is 2. The largest absolute Gasteiger partial charge is 0.494 e. The molecule has 1 atom stereocenters. The number of unbranched alkanes of at least 4 members (excludes halogenated alkanes) is 1. The van der Waals surface area contributed by atoms with Crippen molar-refractivity contribution in [3.05, 3.63) is 33.9 Å². The number of rotatable bonds is 10. The van der Waals surface area contributed by atoms with E-state index in [1.165, 1.54) is 24.6 Å². The third-order valence-corrected chi connectivity index (χ3v) is 5.04. The van der Waals surface area contributed by atoms with Crippen molar-refractivity contribution in [3.63, 3.8) is 0 Å². The van der Waals surface area contributed by atoms with Gasteiger partial charge in [0.15, 0.2) is 6.29 Å². The van der Waals surface area contributed by atoms with Crippen molar-refractivity contribution >= 4 is 17.9 Å². The lowest BCUT2D eigenvalue weighted by Crippen LogP contribution is -2.46. The van der Waals surface area contributed by atoms with E-state index in [2.05, 4.69) is 0 Å². The second kappa shape index (κ2) is 10.8. The summed E-state index contributed by atoms with van der Waals surface area (Å²) >= 11 is 0. The van der Waals surface area contributed by atoms with Gasteiger partial charge in [-0.05, 0) is 44.7 Å². The Kier molecular flexibility index (Phi) is 8.38. The molecule has 8 nitrogen and oxygen atoms in total. The minimum absolute atomic E-state index is 0.0299. The monoisotopic (exact) mass is 392 g/mol. The fraction of sp³-hybridized carbons (Fsp3) is 0.600. The van der Waals surface area contributed by atoms with Gasteiger partial charge in [0, 0.05) is 18.5 Å². The van der Waals surface area contributed by atoms with Crippen LogP contribution in [0.15, 0.2) is 18.2 Å². The van der Waals surface area contributed by atoms with E-state index in [0.717, 1.165) is 25.7 Å². The first-order valence-electron chi connectivity index (χ1n) is 9.79. The molecule has 1 fully saturated rings. The number of benzene rings is 1. The maximum atomic E-state index is 12.5. The Labute approximate surface area is 164 Å². The highest BCUT2D eigenvalue weighted by Gasteiger charge is 2.27. The Morgan fingerprint density at radius 1 is 1.36 bits per heavy atom. The molecule has 1 aliphatic carbocycles. The molecule has 1 aliphatic rings. The molecule has 1 aromatic carbocycles. The number of aliphatic hydroxyl groups is 1. The third kappa shape index (κ3) is 6.02. The van der Waals surface area contributed by atoms with Gasteiger partial charge in [-0.15, -0.1) is 0 Å². The lowest BCUT2D eigenvalue weighted by atomic mass is 9.93. The van der Waals surface area contributed by atoms with Gasteiger partial charge in [0.2, 0.25) is 5.91 Å². The fourth-order valence-corrected chi connectivity index (χ4v) is 3.66. The van der Waals surface area contributed by atoms with Gasteiger partial charge in [0.05, 0.1) is 17.1 Å². The third-order valence-electron chi connectivity index (χ3n) is 5.04. The summed E-state index contributed by atoms with van der Waals surface area (Å²) in [6.45, 7) is 1.97. The minimum atomic E-state index is -0.784. The predicted molar refractivity (Wildman–Crippen MR) is 103 cm³/mol. The molecule has 0 aromatic heterocycles. The fourth-order valence-electron chi connectivity index (χ4n) is 3.66. The summed E-state index contributed by atoms with van der Waals surface area (Å²) in [6.07, 6.45) is 6.47. The van der Waals surface area contributed by atoms with E-state index in [1.807, 2.05) is 0 Å². The standard InChI is InChI=1S/C20H28N2O6/c1-15(24)21(17-7-3-2-4-8-17)20(25)9-5-6-12-28-18-10-11-19(22(26)27)16(13-18)14-23/h10-11,13-15,17,24H,2-9,12H2,1H3. The summed E-state index contributed by atoms with van der Waals surface area (Å²) in [5.74, 6) is 0.340. The van der Waals surface area contributed by atoms with E-state index in [1.54, 1.807) is 11.8 Å². The first-order chi connectivity index (χ1) is 13.4. The number of aliphatic hydroxyl groups excluding tert-OH is 1. The van der Waals surface area contributed by atoms with E-state index >= 15 is 0 Å². The summed E-state index contributed by atoms with van der Waals surface area (Å²) in [7, 11) is 0. The predicted octanol–water partition coefficient (Wildman–Crippen LogP) is 3.46. The maximum absolute atomic E-state index is 12.5. The van der Waals surface area contributed by atoms with Gasteiger partial charge < -0.3 is 14.7 Å². The molecule has 28 heavy (non-hydrogen) atoms. The highest BCUT2D eigenvalue weighted by atomic mass is 16.6. The second-order valence-corrected chi connectivity index (χ2v) is 7.13. The molecule has 2 rings (SSSR count). The lowest BCUT2D eigenvalue weighted by Gasteiger charge is -2.36. The summed E-state index contributed by atoms with van der Waals surface area (Å²) in [5.41, 5.74) is -0.286. The highest BCUT2D eigenvalue weighted by molar-refractivity contribution is 5.82. The van der Waals surface area contributed by atoms with Crippen LogP contribution in [0.4, 0.5) is 5.69 Å². The molecule has 8 heteroatoms. The van der Waals surface area contributed by atoms with Gasteiger partial charge in [-0.25, -0.2) is 0 Å². The molecule has 0 bridgehead atoms. The van der Waals surface area contributed by atoms with Crippen LogP contribution in [0.2, 0.25) is 0 Å². The molecule has 1 aromatic rings. The Hall–Kier alpha value is -2.48. The van der Waals surface area contributed by atoms with Crippen LogP contribution < -0.4 is 4.74 Å². The van der Waals surface area contributed by atoms with Crippen LogP contribution in [0.1, 0.15) is 68.6 Å². The van der Waals surface area contributed by atoms with E-state index in [4.69, 9.17) is 4.74 Å². The number of hydrogen-bond donors (Lipinski definition) is 1. The van der Waals surface area contributed by atoms with Gasteiger partial charge in [-0.2, -0.15) is 0 Å². The number of carbonyl (C=O) groups is 2. The molecular weight excluding hydrogens is 364 g/mol. The van der Waals surface area contributed by atoms with Gasteiger partial charge in [0.1, 0.15) is 12.0 Å². The number of nitro benzene ring substituents is 1. The van der Waals surface area contributed by atoms with Crippen LogP contribution in [0, 0.1) is 10.1 Å². The van der Waals surface area contributed by atoms with Crippen molar-refractivity contribution in [1.82, 2.24) is 4.90 Å². The average Bonchev–Trinajstić information content (AvgIpc) is 2.68. The van der Waals surface area contributed by atoms with Gasteiger partial charge in [-0.3, -0.25) is 19.7 Å². The van der Waals surface area contributed by atoms with Crippen LogP contribution in [0.25, 0.3) is 0 Å². The summed E-state index contributed by atoms with van der Waals surface area (Å²) < 4.78 is 5.53. The zero-order valence-corrected chi connectivity index (χ0v) is 16.2. The Balaban J connectivity index is 1.78. The first kappa shape index (κ1) is 21.8. The van der Waals surface area contributed by atoms with Crippen molar-refractivity contribution in [2.45, 2.75) is 70.6 Å². The van der Waals surface area contributed by atoms with Crippen molar-refractivity contribution < 1.29 is 24.4 Å². The number of ether oxygens (including phenoxy) is 1. The second-order valence-electron chi connectivity index (χ2n) is 7.13. The molecule has 0 radical (unpaired) electrons. The SMILES string of the molecule is CC(O)N(C(=O)CCCCOc1ccc([N+](=O)[O-])c(C=O)c1)C1CCCCC1. The number of aldehydes is 1. The first-order valence-corrected chi connectivity index (χ1v) is 9.79. The van der Waals surface area contributed by atoms with E-state index < -0.39 is 11.2 Å². The van der Waals surface area contributed by atoms with E-state index in [9.17, 15) is 24.8 Å². The number of hydrogen-bond acceptors (Lipinski definition) is 6.